The zero-order chi connectivity index (χ0) is 18.1. The van der Waals surface area contributed by atoms with Crippen LogP contribution in [0.25, 0.3) is 0 Å². The first-order valence-electron chi connectivity index (χ1n) is 7.74. The summed E-state index contributed by atoms with van der Waals surface area (Å²) in [6.45, 7) is 5.81. The van der Waals surface area contributed by atoms with Gasteiger partial charge in [-0.2, -0.15) is 0 Å². The van der Waals surface area contributed by atoms with Crippen LogP contribution in [-0.4, -0.2) is 46.8 Å². The lowest BCUT2D eigenvalue weighted by Gasteiger charge is -2.24. The second-order valence-corrected chi connectivity index (χ2v) is 8.51. The summed E-state index contributed by atoms with van der Waals surface area (Å²) in [5, 5.41) is 2.71. The van der Waals surface area contributed by atoms with Crippen LogP contribution >= 0.6 is 22.9 Å². The van der Waals surface area contributed by atoms with Gasteiger partial charge in [0.15, 0.2) is 0 Å². The molecule has 1 aromatic heterocycles. The predicted octanol–water partition coefficient (Wildman–Crippen LogP) is 2.72. The maximum atomic E-state index is 12.5. The number of urea groups is 1. The van der Waals surface area contributed by atoms with Gasteiger partial charge in [0.2, 0.25) is 5.91 Å². The number of halogens is 1. The van der Waals surface area contributed by atoms with Crippen LogP contribution in [0.4, 0.5) is 4.79 Å². The molecule has 1 aliphatic rings. The molecule has 1 aliphatic heterocycles. The van der Waals surface area contributed by atoms with Gasteiger partial charge in [-0.1, -0.05) is 25.4 Å². The SMILES string of the molecule is CC(C)CC1(C)NC(=O)N(CC(=O)N(C)Cc2ccc(Cl)s2)C1=O. The first kappa shape index (κ1) is 18.7. The van der Waals surface area contributed by atoms with Crippen molar-refractivity contribution in [2.24, 2.45) is 5.92 Å². The fourth-order valence-electron chi connectivity index (χ4n) is 2.86. The van der Waals surface area contributed by atoms with E-state index in [1.165, 1.54) is 16.2 Å². The second-order valence-electron chi connectivity index (χ2n) is 6.71. The number of likely N-dealkylation sites (N-methyl/N-ethyl adjacent to an activating group) is 1. The largest absolute Gasteiger partial charge is 0.339 e. The lowest BCUT2D eigenvalue weighted by molar-refractivity contribution is -0.138. The Morgan fingerprint density at radius 1 is 1.42 bits per heavy atom. The number of amides is 4. The van der Waals surface area contributed by atoms with Crippen molar-refractivity contribution in [3.05, 3.63) is 21.3 Å². The van der Waals surface area contributed by atoms with Crippen molar-refractivity contribution in [2.75, 3.05) is 13.6 Å². The minimum Gasteiger partial charge on any atom is -0.339 e. The van der Waals surface area contributed by atoms with Crippen molar-refractivity contribution in [3.8, 4) is 0 Å². The van der Waals surface area contributed by atoms with E-state index in [4.69, 9.17) is 11.6 Å². The van der Waals surface area contributed by atoms with Crippen molar-refractivity contribution in [2.45, 2.75) is 39.3 Å². The fraction of sp³-hybridized carbons (Fsp3) is 0.562. The predicted molar refractivity (Wildman–Crippen MR) is 93.9 cm³/mol. The molecule has 1 unspecified atom stereocenters. The Morgan fingerprint density at radius 2 is 2.08 bits per heavy atom. The Kier molecular flexibility index (Phi) is 5.55. The van der Waals surface area contributed by atoms with Gasteiger partial charge in [0.05, 0.1) is 10.9 Å². The molecule has 1 N–H and O–H groups in total. The van der Waals surface area contributed by atoms with Crippen LogP contribution in [0.1, 0.15) is 32.1 Å². The number of nitrogens with zero attached hydrogens (tertiary/aromatic N) is 2. The quantitative estimate of drug-likeness (QED) is 0.781. The number of hydrogen-bond acceptors (Lipinski definition) is 4. The summed E-state index contributed by atoms with van der Waals surface area (Å²) in [6.07, 6.45) is 0.534. The molecule has 8 heteroatoms. The van der Waals surface area contributed by atoms with Gasteiger partial charge in [-0.15, -0.1) is 11.3 Å². The highest BCUT2D eigenvalue weighted by molar-refractivity contribution is 7.16. The molecule has 132 valence electrons. The van der Waals surface area contributed by atoms with E-state index in [-0.39, 0.29) is 24.3 Å². The Bertz CT molecular complexity index is 661. The maximum absolute atomic E-state index is 12.5. The third-order valence-electron chi connectivity index (χ3n) is 3.90. The number of thiophene rings is 1. The van der Waals surface area contributed by atoms with Gasteiger partial charge in [-0.05, 0) is 31.4 Å². The molecular formula is C16H22ClN3O3S. The van der Waals surface area contributed by atoms with E-state index < -0.39 is 11.6 Å². The van der Waals surface area contributed by atoms with Gasteiger partial charge in [-0.25, -0.2) is 4.79 Å². The third kappa shape index (κ3) is 4.08. The molecular weight excluding hydrogens is 350 g/mol. The van der Waals surface area contributed by atoms with E-state index in [0.29, 0.717) is 17.3 Å². The molecule has 1 atom stereocenters. The van der Waals surface area contributed by atoms with E-state index in [2.05, 4.69) is 5.32 Å². The Hall–Kier alpha value is -1.60. The normalized spacial score (nSPS) is 20.7. The van der Waals surface area contributed by atoms with Crippen molar-refractivity contribution in [3.63, 3.8) is 0 Å². The van der Waals surface area contributed by atoms with Gasteiger partial charge < -0.3 is 10.2 Å². The Balaban J connectivity index is 2.00. The monoisotopic (exact) mass is 371 g/mol. The molecule has 0 spiro atoms. The summed E-state index contributed by atoms with van der Waals surface area (Å²) in [7, 11) is 1.64. The van der Waals surface area contributed by atoms with Crippen LogP contribution in [-0.2, 0) is 16.1 Å². The molecule has 2 rings (SSSR count). The molecule has 0 saturated carbocycles. The highest BCUT2D eigenvalue weighted by atomic mass is 35.5. The molecule has 1 aromatic rings. The van der Waals surface area contributed by atoms with Gasteiger partial charge >= 0.3 is 6.03 Å². The fourth-order valence-corrected chi connectivity index (χ4v) is 4.00. The third-order valence-corrected chi connectivity index (χ3v) is 5.12. The number of hydrogen-bond donors (Lipinski definition) is 1. The van der Waals surface area contributed by atoms with E-state index in [0.717, 1.165) is 9.78 Å². The minimum absolute atomic E-state index is 0.251. The topological polar surface area (TPSA) is 69.7 Å². The molecule has 4 amide bonds. The van der Waals surface area contributed by atoms with Crippen LogP contribution in [0.5, 0.6) is 0 Å². The van der Waals surface area contributed by atoms with Gasteiger partial charge in [-0.3, -0.25) is 14.5 Å². The van der Waals surface area contributed by atoms with Crippen molar-refractivity contribution < 1.29 is 14.4 Å². The van der Waals surface area contributed by atoms with Gasteiger partial charge in [0.1, 0.15) is 12.1 Å². The van der Waals surface area contributed by atoms with E-state index in [1.807, 2.05) is 19.9 Å². The smallest absolute Gasteiger partial charge is 0.325 e. The first-order valence-corrected chi connectivity index (χ1v) is 8.94. The maximum Gasteiger partial charge on any atom is 0.325 e. The van der Waals surface area contributed by atoms with Crippen molar-refractivity contribution >= 4 is 40.8 Å². The molecule has 0 aliphatic carbocycles. The van der Waals surface area contributed by atoms with Crippen LogP contribution in [0.3, 0.4) is 0 Å². The molecule has 1 saturated heterocycles. The highest BCUT2D eigenvalue weighted by Gasteiger charge is 2.48. The van der Waals surface area contributed by atoms with Gasteiger partial charge in [0, 0.05) is 11.9 Å². The molecule has 0 bridgehead atoms. The van der Waals surface area contributed by atoms with E-state index in [1.54, 1.807) is 20.0 Å². The lowest BCUT2D eigenvalue weighted by Crippen LogP contribution is -2.46. The summed E-state index contributed by atoms with van der Waals surface area (Å²) in [5.74, 6) is -0.389. The first-order chi connectivity index (χ1) is 11.1. The zero-order valence-corrected chi connectivity index (χ0v) is 15.8. The average Bonchev–Trinajstić information content (AvgIpc) is 2.95. The van der Waals surface area contributed by atoms with E-state index >= 15 is 0 Å². The highest BCUT2D eigenvalue weighted by Crippen LogP contribution is 2.25. The number of rotatable bonds is 6. The average molecular weight is 372 g/mol. The van der Waals surface area contributed by atoms with Crippen molar-refractivity contribution in [1.29, 1.82) is 0 Å². The molecule has 0 aromatic carbocycles. The van der Waals surface area contributed by atoms with Crippen LogP contribution < -0.4 is 5.32 Å². The molecule has 0 radical (unpaired) electrons. The van der Waals surface area contributed by atoms with Crippen LogP contribution in [0, 0.1) is 5.92 Å². The second kappa shape index (κ2) is 7.11. The summed E-state index contributed by atoms with van der Waals surface area (Å²) in [5.41, 5.74) is -0.939. The molecule has 24 heavy (non-hydrogen) atoms. The minimum atomic E-state index is -0.939. The standard InChI is InChI=1S/C16H22ClN3O3S/c1-10(2)7-16(3)14(22)20(15(23)18-16)9-13(21)19(4)8-11-5-6-12(17)24-11/h5-6,10H,7-9H2,1-4H3,(H,18,23). The summed E-state index contributed by atoms with van der Waals surface area (Å²) in [4.78, 5) is 40.4. The number of imide groups is 1. The zero-order valence-electron chi connectivity index (χ0n) is 14.3. The summed E-state index contributed by atoms with van der Waals surface area (Å²) < 4.78 is 0.657. The van der Waals surface area contributed by atoms with Crippen LogP contribution in [0.15, 0.2) is 12.1 Å². The number of carbonyl (C=O) groups excluding carboxylic acids is 3. The van der Waals surface area contributed by atoms with Crippen molar-refractivity contribution in [1.82, 2.24) is 15.1 Å². The van der Waals surface area contributed by atoms with E-state index in [9.17, 15) is 14.4 Å². The number of carbonyl (C=O) groups is 3. The lowest BCUT2D eigenvalue weighted by atomic mass is 9.91. The summed E-state index contributed by atoms with van der Waals surface area (Å²) in [6, 6.07) is 3.11. The summed E-state index contributed by atoms with van der Waals surface area (Å²) >= 11 is 7.28. The Labute approximate surface area is 150 Å². The molecule has 6 nitrogen and oxygen atoms in total. The molecule has 1 fully saturated rings. The van der Waals surface area contributed by atoms with Crippen LogP contribution in [0.2, 0.25) is 4.34 Å². The molecule has 2 heterocycles. The number of nitrogens with one attached hydrogen (secondary N) is 1. The van der Waals surface area contributed by atoms with Gasteiger partial charge in [0.25, 0.3) is 5.91 Å². The Morgan fingerprint density at radius 3 is 2.62 bits per heavy atom.